The number of hydrogen-bond donors (Lipinski definition) is 0. The van der Waals surface area contributed by atoms with Crippen LogP contribution in [0.1, 0.15) is 30.1 Å². The number of aromatic nitrogens is 1. The molecule has 40 heavy (non-hydrogen) atoms. The lowest BCUT2D eigenvalue weighted by atomic mass is 10.0. The van der Waals surface area contributed by atoms with Crippen LogP contribution >= 0.6 is 35.0 Å². The van der Waals surface area contributed by atoms with Gasteiger partial charge in [-0.25, -0.2) is 4.79 Å². The van der Waals surface area contributed by atoms with E-state index in [4.69, 9.17) is 42.1 Å². The number of ether oxygens (including phenoxy) is 5. The molecule has 2 aromatic carbocycles. The number of halogens is 4. The van der Waals surface area contributed by atoms with Gasteiger partial charge in [-0.05, 0) is 60.4 Å². The number of hydrogen-bond acceptors (Lipinski definition) is 8. The van der Waals surface area contributed by atoms with Gasteiger partial charge in [0, 0.05) is 18.1 Å². The summed E-state index contributed by atoms with van der Waals surface area (Å²) in [6.45, 7) is -2.72. The maximum atomic E-state index is 13.1. The molecule has 13 heteroatoms. The van der Waals surface area contributed by atoms with Gasteiger partial charge in [0.2, 0.25) is 0 Å². The number of rotatable bonds is 12. The molecule has 0 saturated heterocycles. The average Bonchev–Trinajstić information content (AvgIpc) is 3.74. The first kappa shape index (κ1) is 29.8. The monoisotopic (exact) mass is 615 g/mol. The van der Waals surface area contributed by atoms with Crippen LogP contribution in [0.15, 0.2) is 53.7 Å². The van der Waals surface area contributed by atoms with Crippen molar-refractivity contribution in [1.29, 1.82) is 0 Å². The summed E-state index contributed by atoms with van der Waals surface area (Å²) in [5, 5.41) is 11.2. The minimum Gasteiger partial charge on any atom is -0.619 e. The smallest absolute Gasteiger partial charge is 0.387 e. The summed E-state index contributed by atoms with van der Waals surface area (Å²) in [7, 11) is 2.97. The molecular formula is C27H25Cl2F2NO7S. The molecule has 1 saturated carbocycles. The Morgan fingerprint density at radius 1 is 1.05 bits per heavy atom. The van der Waals surface area contributed by atoms with Gasteiger partial charge in [0.15, 0.2) is 23.9 Å². The molecule has 1 fully saturated rings. The van der Waals surface area contributed by atoms with Crippen molar-refractivity contribution in [3.05, 3.63) is 75.2 Å². The molecule has 1 atom stereocenters. The Balaban J connectivity index is 1.65. The third kappa shape index (κ3) is 7.96. The second-order valence-electron chi connectivity index (χ2n) is 8.81. The summed E-state index contributed by atoms with van der Waals surface area (Å²) < 4.78 is 53.4. The third-order valence-corrected chi connectivity index (χ3v) is 7.45. The van der Waals surface area contributed by atoms with Crippen LogP contribution in [-0.2, 0) is 11.2 Å². The molecule has 1 aliphatic rings. The van der Waals surface area contributed by atoms with Crippen LogP contribution in [0.4, 0.5) is 13.6 Å². The summed E-state index contributed by atoms with van der Waals surface area (Å²) in [5.41, 5.74) is 0.766. The van der Waals surface area contributed by atoms with Crippen molar-refractivity contribution in [2.75, 3.05) is 20.8 Å². The van der Waals surface area contributed by atoms with Crippen LogP contribution < -0.4 is 23.7 Å². The Morgan fingerprint density at radius 3 is 2.40 bits per heavy atom. The number of thioether (sulfide) groups is 1. The summed E-state index contributed by atoms with van der Waals surface area (Å²) in [6.07, 6.45) is 3.21. The molecule has 0 aliphatic heterocycles. The van der Waals surface area contributed by atoms with Gasteiger partial charge in [-0.15, -0.1) is 0 Å². The molecule has 4 rings (SSSR count). The van der Waals surface area contributed by atoms with Gasteiger partial charge in [-0.2, -0.15) is 13.5 Å². The highest BCUT2D eigenvalue weighted by atomic mass is 35.5. The number of benzene rings is 2. The Kier molecular flexibility index (Phi) is 10.0. The van der Waals surface area contributed by atoms with E-state index < -0.39 is 18.0 Å². The van der Waals surface area contributed by atoms with E-state index in [1.807, 2.05) is 0 Å². The second-order valence-corrected chi connectivity index (χ2v) is 10.6. The lowest BCUT2D eigenvalue weighted by Crippen LogP contribution is -2.25. The van der Waals surface area contributed by atoms with Crippen molar-refractivity contribution in [3.63, 3.8) is 0 Å². The SMILES string of the molecule is COc1ccc(SC(=O)OC(Cc2c(Cl)c[n+]([O-])cc2Cl)c2ccc(OC(F)F)c(OCC3CC3)c2)c(OC)c1. The van der Waals surface area contributed by atoms with E-state index in [0.29, 0.717) is 44.8 Å². The Bertz CT molecular complexity index is 1340. The van der Waals surface area contributed by atoms with Crippen LogP contribution in [0, 0.1) is 11.1 Å². The van der Waals surface area contributed by atoms with E-state index in [2.05, 4.69) is 4.74 Å². The average molecular weight is 616 g/mol. The molecule has 0 radical (unpaired) electrons. The summed E-state index contributed by atoms with van der Waals surface area (Å²) in [6, 6.07) is 9.23. The van der Waals surface area contributed by atoms with Crippen molar-refractivity contribution in [2.24, 2.45) is 5.92 Å². The van der Waals surface area contributed by atoms with Crippen molar-refractivity contribution in [3.8, 4) is 23.0 Å². The molecule has 0 N–H and O–H groups in total. The highest BCUT2D eigenvalue weighted by Gasteiger charge is 2.27. The summed E-state index contributed by atoms with van der Waals surface area (Å²) in [5.74, 6) is 1.22. The van der Waals surface area contributed by atoms with E-state index in [9.17, 15) is 18.8 Å². The summed E-state index contributed by atoms with van der Waals surface area (Å²) >= 11 is 13.4. The molecule has 8 nitrogen and oxygen atoms in total. The fourth-order valence-corrected chi connectivity index (χ4v) is 5.07. The maximum absolute atomic E-state index is 13.1. The zero-order chi connectivity index (χ0) is 28.8. The number of nitrogens with zero attached hydrogens (tertiary/aromatic N) is 1. The Labute approximate surface area is 243 Å². The van der Waals surface area contributed by atoms with E-state index >= 15 is 0 Å². The van der Waals surface area contributed by atoms with E-state index in [1.54, 1.807) is 18.2 Å². The van der Waals surface area contributed by atoms with Gasteiger partial charge in [-0.3, -0.25) is 0 Å². The van der Waals surface area contributed by atoms with Crippen molar-refractivity contribution in [2.45, 2.75) is 36.9 Å². The van der Waals surface area contributed by atoms with E-state index in [0.717, 1.165) is 37.0 Å². The van der Waals surface area contributed by atoms with Gasteiger partial charge < -0.3 is 28.9 Å². The molecule has 0 amide bonds. The van der Waals surface area contributed by atoms with Gasteiger partial charge in [0.1, 0.15) is 27.6 Å². The number of methoxy groups -OCH3 is 2. The second kappa shape index (κ2) is 13.5. The van der Waals surface area contributed by atoms with Gasteiger partial charge in [0.05, 0.1) is 25.7 Å². The number of pyridine rings is 1. The van der Waals surface area contributed by atoms with Gasteiger partial charge >= 0.3 is 11.9 Å². The Morgan fingerprint density at radius 2 is 1.77 bits per heavy atom. The standard InChI is InChI=1S/C27H25Cl2F2NO7S/c1-35-17-6-8-25(24(10-17)36-2)40-27(33)39-22(11-18-19(28)12-32(34)13-20(18)29)16-5-7-21(38-26(30)31)23(9-16)37-14-15-3-4-15/h5-10,12-13,15,22,26H,3-4,11,14H2,1-2H3. The van der Waals surface area contributed by atoms with Crippen LogP contribution in [0.3, 0.4) is 0 Å². The molecule has 0 spiro atoms. The molecule has 1 heterocycles. The normalized spacial score (nSPS) is 13.6. The highest BCUT2D eigenvalue weighted by Crippen LogP contribution is 2.40. The van der Waals surface area contributed by atoms with E-state index in [-0.39, 0.29) is 28.0 Å². The first-order chi connectivity index (χ1) is 19.2. The lowest BCUT2D eigenvalue weighted by molar-refractivity contribution is -0.605. The van der Waals surface area contributed by atoms with Crippen molar-refractivity contribution >= 4 is 40.3 Å². The third-order valence-electron chi connectivity index (χ3n) is 5.98. The Hall–Kier alpha value is -3.15. The number of carbonyl (C=O) groups excluding carboxylic acids is 1. The van der Waals surface area contributed by atoms with Gasteiger partial charge in [0.25, 0.3) is 0 Å². The van der Waals surface area contributed by atoms with E-state index in [1.165, 1.54) is 32.4 Å². The van der Waals surface area contributed by atoms with Crippen LogP contribution in [-0.4, -0.2) is 32.7 Å². The van der Waals surface area contributed by atoms with Crippen LogP contribution in [0.5, 0.6) is 23.0 Å². The van der Waals surface area contributed by atoms with Crippen molar-refractivity contribution < 1.29 is 42.0 Å². The largest absolute Gasteiger partial charge is 0.619 e. The molecule has 3 aromatic rings. The molecule has 1 unspecified atom stereocenters. The quantitative estimate of drug-likeness (QED) is 0.0911. The molecule has 214 valence electrons. The minimum absolute atomic E-state index is 0.0261. The number of carbonyl (C=O) groups is 1. The highest BCUT2D eigenvalue weighted by molar-refractivity contribution is 8.13. The zero-order valence-corrected chi connectivity index (χ0v) is 23.7. The minimum atomic E-state index is -3.06. The zero-order valence-electron chi connectivity index (χ0n) is 21.4. The molecular weight excluding hydrogens is 591 g/mol. The van der Waals surface area contributed by atoms with Crippen LogP contribution in [0.25, 0.3) is 0 Å². The predicted molar refractivity (Wildman–Crippen MR) is 145 cm³/mol. The number of alkyl halides is 2. The maximum Gasteiger partial charge on any atom is 0.387 e. The van der Waals surface area contributed by atoms with Gasteiger partial charge in [-0.1, -0.05) is 29.3 Å². The topological polar surface area (TPSA) is 90.2 Å². The molecule has 0 bridgehead atoms. The fraction of sp³-hybridized carbons (Fsp3) is 0.333. The predicted octanol–water partition coefficient (Wildman–Crippen LogP) is 7.25. The molecule has 1 aliphatic carbocycles. The fourth-order valence-electron chi connectivity index (χ4n) is 3.75. The lowest BCUT2D eigenvalue weighted by Gasteiger charge is -2.21. The van der Waals surface area contributed by atoms with Crippen molar-refractivity contribution in [1.82, 2.24) is 0 Å². The molecule has 1 aromatic heterocycles. The summed E-state index contributed by atoms with van der Waals surface area (Å²) in [4.78, 5) is 13.6. The first-order valence-corrected chi connectivity index (χ1v) is 13.6. The first-order valence-electron chi connectivity index (χ1n) is 12.1. The van der Waals surface area contributed by atoms with Crippen LogP contribution in [0.2, 0.25) is 10.0 Å².